The van der Waals surface area contributed by atoms with E-state index in [0.717, 1.165) is 29.7 Å². The van der Waals surface area contributed by atoms with Crippen LogP contribution in [0, 0.1) is 23.7 Å². The van der Waals surface area contributed by atoms with Crippen LogP contribution in [0.25, 0.3) is 0 Å². The maximum absolute atomic E-state index is 11.9. The zero-order valence-electron chi connectivity index (χ0n) is 32.4. The second-order valence-electron chi connectivity index (χ2n) is 16.4. The molecule has 0 saturated heterocycles. The van der Waals surface area contributed by atoms with Crippen molar-refractivity contribution >= 4 is 34.2 Å². The summed E-state index contributed by atoms with van der Waals surface area (Å²) < 4.78 is 30.9. The average molecular weight is 722 g/mol. The van der Waals surface area contributed by atoms with Crippen LogP contribution >= 0.6 is 11.6 Å². The number of halogens is 1. The van der Waals surface area contributed by atoms with Crippen molar-refractivity contribution in [2.45, 2.75) is 147 Å². The fraction of sp³-hybridized carbons (Fsp3) is 0.718. The molecule has 0 spiro atoms. The Morgan fingerprint density at radius 2 is 1.71 bits per heavy atom. The minimum absolute atomic E-state index is 0.00758. The highest BCUT2D eigenvalue weighted by Crippen LogP contribution is 2.51. The lowest BCUT2D eigenvalue weighted by Crippen LogP contribution is -2.45. The molecule has 0 bridgehead atoms. The Kier molecular flexibility index (Phi) is 16.0. The molecule has 1 aromatic rings. The molecule has 6 nitrogen and oxygen atoms in total. The molecule has 48 heavy (non-hydrogen) atoms. The number of methoxy groups -OCH3 is 2. The summed E-state index contributed by atoms with van der Waals surface area (Å²) in [6.45, 7) is 27.2. The van der Waals surface area contributed by atoms with Gasteiger partial charge in [0.15, 0.2) is 23.4 Å². The molecule has 0 amide bonds. The number of carbonyl (C=O) groups excluding carboxylic acids is 1. The van der Waals surface area contributed by atoms with E-state index in [1.807, 2.05) is 6.92 Å². The summed E-state index contributed by atoms with van der Waals surface area (Å²) >= 11 is 7.39. The number of hydrogen-bond donors (Lipinski definition) is 0. The maximum Gasteiger partial charge on any atom is 0.305 e. The van der Waals surface area contributed by atoms with E-state index < -0.39 is 16.6 Å². The Morgan fingerprint density at radius 1 is 1.06 bits per heavy atom. The predicted octanol–water partition coefficient (Wildman–Crippen LogP) is 10.3. The van der Waals surface area contributed by atoms with Crippen LogP contribution in [0.2, 0.25) is 36.3 Å². The summed E-state index contributed by atoms with van der Waals surface area (Å²) in [5, 5.41) is -0.0513. The number of benzene rings is 1. The molecule has 0 heterocycles. The first-order valence-corrected chi connectivity index (χ1v) is 23.8. The van der Waals surface area contributed by atoms with E-state index in [2.05, 4.69) is 117 Å². The van der Waals surface area contributed by atoms with Crippen LogP contribution in [0.4, 0.5) is 0 Å². The van der Waals surface area contributed by atoms with Crippen LogP contribution in [0.15, 0.2) is 30.4 Å². The Hall–Kier alpha value is -1.61. The van der Waals surface area contributed by atoms with E-state index in [-0.39, 0.29) is 58.2 Å². The van der Waals surface area contributed by atoms with Crippen molar-refractivity contribution in [3.63, 3.8) is 0 Å². The molecule has 1 saturated carbocycles. The first kappa shape index (κ1) is 42.6. The van der Waals surface area contributed by atoms with Gasteiger partial charge >= 0.3 is 5.97 Å². The number of hydrogen-bond acceptors (Lipinski definition) is 6. The van der Waals surface area contributed by atoms with E-state index in [0.29, 0.717) is 19.3 Å². The van der Waals surface area contributed by atoms with Gasteiger partial charge in [0.25, 0.3) is 0 Å². The lowest BCUT2D eigenvalue weighted by molar-refractivity contribution is -0.140. The Morgan fingerprint density at radius 3 is 2.27 bits per heavy atom. The number of para-hydroxylation sites is 1. The van der Waals surface area contributed by atoms with Crippen molar-refractivity contribution in [3.8, 4) is 17.6 Å². The van der Waals surface area contributed by atoms with Crippen LogP contribution in [0.3, 0.4) is 0 Å². The molecule has 6 atom stereocenters. The van der Waals surface area contributed by atoms with Gasteiger partial charge in [-0.25, -0.2) is 0 Å². The molecule has 272 valence electrons. The lowest BCUT2D eigenvalue weighted by Gasteiger charge is -2.41. The highest BCUT2D eigenvalue weighted by Gasteiger charge is 2.49. The highest BCUT2D eigenvalue weighted by molar-refractivity contribution is 6.74. The third kappa shape index (κ3) is 11.5. The summed E-state index contributed by atoms with van der Waals surface area (Å²) in [4.78, 5) is 11.9. The molecule has 0 N–H and O–H groups in total. The van der Waals surface area contributed by atoms with Gasteiger partial charge in [-0.1, -0.05) is 78.8 Å². The van der Waals surface area contributed by atoms with Crippen LogP contribution < -0.4 is 4.74 Å². The number of rotatable bonds is 16. The third-order valence-electron chi connectivity index (χ3n) is 10.7. The fourth-order valence-corrected chi connectivity index (χ4v) is 8.88. The third-order valence-corrected chi connectivity index (χ3v) is 20.2. The van der Waals surface area contributed by atoms with Crippen LogP contribution in [-0.4, -0.2) is 61.2 Å². The van der Waals surface area contributed by atoms with Crippen LogP contribution in [0.1, 0.15) is 98.1 Å². The van der Waals surface area contributed by atoms with Gasteiger partial charge in [-0.15, -0.1) is 23.4 Å². The van der Waals surface area contributed by atoms with Crippen LogP contribution in [0.5, 0.6) is 5.75 Å². The first-order valence-electron chi connectivity index (χ1n) is 17.6. The lowest BCUT2D eigenvalue weighted by atomic mass is 9.85. The Bertz CT molecular complexity index is 1270. The number of ether oxygens (including phenoxy) is 3. The highest BCUT2D eigenvalue weighted by atomic mass is 35.5. The van der Waals surface area contributed by atoms with Crippen molar-refractivity contribution in [1.82, 2.24) is 0 Å². The number of carbonyl (C=O) groups is 1. The van der Waals surface area contributed by atoms with Gasteiger partial charge in [-0.05, 0) is 79.5 Å². The summed E-state index contributed by atoms with van der Waals surface area (Å²) in [6, 6.07) is 6.27. The molecule has 1 aromatic carbocycles. The maximum atomic E-state index is 11.9. The quantitative estimate of drug-likeness (QED) is 0.0423. The SMILES string of the molecule is CC#CCC(C)C(/C=C/[C@@H]1[C@@H](c2cccc(CCCC(=O)OC)c2OCOC)[C@H](Cl)C[C@@H]1O[Si](C)(C)C(C)(C)C)O[Si](C)(C)C(C)(C)C. The molecule has 2 unspecified atom stereocenters. The van der Waals surface area contributed by atoms with Gasteiger partial charge in [0.2, 0.25) is 0 Å². The number of alkyl halides is 1. The van der Waals surface area contributed by atoms with Gasteiger partial charge in [0.05, 0.1) is 19.3 Å². The minimum Gasteiger partial charge on any atom is -0.469 e. The fourth-order valence-electron chi connectivity index (χ4n) is 5.69. The summed E-state index contributed by atoms with van der Waals surface area (Å²) in [7, 11) is -1.18. The first-order chi connectivity index (χ1) is 22.2. The molecule has 0 aliphatic heterocycles. The molecule has 0 radical (unpaired) electrons. The van der Waals surface area contributed by atoms with E-state index in [4.69, 9.17) is 34.7 Å². The van der Waals surface area contributed by atoms with E-state index in [1.54, 1.807) is 7.11 Å². The predicted molar refractivity (Wildman–Crippen MR) is 205 cm³/mol. The zero-order chi connectivity index (χ0) is 36.5. The second-order valence-corrected chi connectivity index (χ2v) is 26.5. The zero-order valence-corrected chi connectivity index (χ0v) is 35.2. The van der Waals surface area contributed by atoms with Crippen molar-refractivity contribution in [2.24, 2.45) is 11.8 Å². The largest absolute Gasteiger partial charge is 0.469 e. The minimum atomic E-state index is -2.14. The van der Waals surface area contributed by atoms with Gasteiger partial charge < -0.3 is 23.1 Å². The molecule has 1 aliphatic rings. The normalized spacial score (nSPS) is 21.9. The molecular weight excluding hydrogens is 656 g/mol. The summed E-state index contributed by atoms with van der Waals surface area (Å²) in [6.07, 6.45) is 7.63. The van der Waals surface area contributed by atoms with E-state index in [9.17, 15) is 4.79 Å². The van der Waals surface area contributed by atoms with Gasteiger partial charge in [-0.3, -0.25) is 4.79 Å². The standard InChI is InChI=1S/C39H65ClO6Si2/c1-15-16-19-28(2)33(45-47(11,12)38(3,4)5)25-24-30-34(46-48(13,14)39(6,7)8)26-32(40)36(30)31-22-17-20-29(37(31)44-27-42-9)21-18-23-35(41)43-10/h17,20,22,24-25,28,30,32-34,36H,18-19,21,23,26-27H2,1-14H3/b25-24+/t28?,30-,32+,33?,34-,36-/m0/s1. The van der Waals surface area contributed by atoms with Gasteiger partial charge in [0, 0.05) is 37.2 Å². The molecule has 1 aliphatic carbocycles. The molecule has 0 aromatic heterocycles. The summed E-state index contributed by atoms with van der Waals surface area (Å²) in [5.74, 6) is 7.08. The van der Waals surface area contributed by atoms with E-state index in [1.165, 1.54) is 7.11 Å². The Balaban J connectivity index is 2.70. The second kappa shape index (κ2) is 18.1. The number of aryl methyl sites for hydroxylation is 1. The topological polar surface area (TPSA) is 63.2 Å². The smallest absolute Gasteiger partial charge is 0.305 e. The van der Waals surface area contributed by atoms with Gasteiger partial charge in [0.1, 0.15) is 5.75 Å². The van der Waals surface area contributed by atoms with Gasteiger partial charge in [-0.2, -0.15) is 0 Å². The molecule has 2 rings (SSSR count). The van der Waals surface area contributed by atoms with Crippen molar-refractivity contribution in [3.05, 3.63) is 41.5 Å². The molecule has 9 heteroatoms. The van der Waals surface area contributed by atoms with E-state index >= 15 is 0 Å². The van der Waals surface area contributed by atoms with Crippen molar-refractivity contribution in [2.75, 3.05) is 21.0 Å². The number of esters is 1. The van der Waals surface area contributed by atoms with Crippen LogP contribution in [-0.2, 0) is 29.5 Å². The Labute approximate surface area is 300 Å². The summed E-state index contributed by atoms with van der Waals surface area (Å²) in [5.41, 5.74) is 2.07. The molecule has 1 fully saturated rings. The monoisotopic (exact) mass is 720 g/mol. The molecular formula is C39H65ClO6Si2. The average Bonchev–Trinajstić information content (AvgIpc) is 3.28. The van der Waals surface area contributed by atoms with Crippen molar-refractivity contribution in [1.29, 1.82) is 0 Å². The van der Waals surface area contributed by atoms with Crippen molar-refractivity contribution < 1.29 is 27.9 Å².